The van der Waals surface area contributed by atoms with Crippen molar-refractivity contribution in [3.63, 3.8) is 0 Å². The molecule has 0 aliphatic carbocycles. The molecular weight excluding hydrogens is 298 g/mol. The molecule has 1 amide bonds. The molecule has 0 fully saturated rings. The second-order valence-corrected chi connectivity index (χ2v) is 6.38. The molecule has 0 heterocycles. The van der Waals surface area contributed by atoms with Crippen LogP contribution < -0.4 is 5.32 Å². The first kappa shape index (κ1) is 19.0. The Morgan fingerprint density at radius 3 is 2.35 bits per heavy atom. The molecule has 128 valence electrons. The van der Waals surface area contributed by atoms with E-state index in [4.69, 9.17) is 9.47 Å². The average molecular weight is 323 g/mol. The van der Waals surface area contributed by atoms with Crippen LogP contribution in [0.1, 0.15) is 39.7 Å². The maximum absolute atomic E-state index is 11.7. The molecule has 0 spiro atoms. The molecule has 0 saturated heterocycles. The van der Waals surface area contributed by atoms with Crippen molar-refractivity contribution in [2.45, 2.75) is 58.5 Å². The van der Waals surface area contributed by atoms with E-state index in [-0.39, 0.29) is 12.5 Å². The number of carbonyl (C=O) groups excluding carboxylic acids is 1. The lowest BCUT2D eigenvalue weighted by Gasteiger charge is -2.23. The molecule has 1 aromatic rings. The first-order chi connectivity index (χ1) is 10.7. The largest absolute Gasteiger partial charge is 0.480 e. The van der Waals surface area contributed by atoms with Crippen molar-refractivity contribution in [3.05, 3.63) is 35.9 Å². The van der Waals surface area contributed by atoms with Gasteiger partial charge in [0.25, 0.3) is 0 Å². The number of benzene rings is 1. The maximum atomic E-state index is 11.7. The van der Waals surface area contributed by atoms with Crippen LogP contribution in [0.15, 0.2) is 30.3 Å². The van der Waals surface area contributed by atoms with E-state index in [1.165, 1.54) is 0 Å². The van der Waals surface area contributed by atoms with E-state index in [1.807, 2.05) is 30.3 Å². The van der Waals surface area contributed by atoms with Gasteiger partial charge in [-0.3, -0.25) is 0 Å². The van der Waals surface area contributed by atoms with E-state index in [9.17, 15) is 14.7 Å². The van der Waals surface area contributed by atoms with E-state index in [0.29, 0.717) is 6.61 Å². The Kier molecular flexibility index (Phi) is 7.03. The monoisotopic (exact) mass is 323 g/mol. The standard InChI is InChI=1S/C17H25NO5/c1-12(22-11-13-8-6-5-7-9-13)10-14(15(19)20)18-16(21)23-17(2,3)4/h5-9,12,14H,10-11H2,1-4H3,(H,18,21)(H,19,20)/t12?,14-/m1/s1. The fourth-order valence-corrected chi connectivity index (χ4v) is 1.88. The number of hydrogen-bond donors (Lipinski definition) is 2. The fourth-order valence-electron chi connectivity index (χ4n) is 1.88. The molecule has 0 aliphatic rings. The summed E-state index contributed by atoms with van der Waals surface area (Å²) < 4.78 is 10.7. The minimum atomic E-state index is -1.12. The summed E-state index contributed by atoms with van der Waals surface area (Å²) in [5.41, 5.74) is 0.328. The molecule has 0 radical (unpaired) electrons. The Bertz CT molecular complexity index is 509. The first-order valence-corrected chi connectivity index (χ1v) is 7.55. The molecule has 23 heavy (non-hydrogen) atoms. The highest BCUT2D eigenvalue weighted by Gasteiger charge is 2.25. The van der Waals surface area contributed by atoms with Gasteiger partial charge in [0.2, 0.25) is 0 Å². The molecule has 6 nitrogen and oxygen atoms in total. The van der Waals surface area contributed by atoms with Crippen LogP contribution in [-0.4, -0.2) is 34.9 Å². The molecule has 1 rings (SSSR count). The predicted molar refractivity (Wildman–Crippen MR) is 86.1 cm³/mol. The topological polar surface area (TPSA) is 84.9 Å². The number of carboxylic acid groups (broad SMARTS) is 1. The summed E-state index contributed by atoms with van der Waals surface area (Å²) in [6.07, 6.45) is -0.923. The highest BCUT2D eigenvalue weighted by Crippen LogP contribution is 2.10. The third-order valence-corrected chi connectivity index (χ3v) is 2.93. The molecule has 1 aromatic carbocycles. The van der Waals surface area contributed by atoms with Gasteiger partial charge in [-0.25, -0.2) is 9.59 Å². The predicted octanol–water partition coefficient (Wildman–Crippen LogP) is 2.96. The molecular formula is C17H25NO5. The number of hydrogen-bond acceptors (Lipinski definition) is 4. The zero-order valence-electron chi connectivity index (χ0n) is 14.0. The third-order valence-electron chi connectivity index (χ3n) is 2.93. The van der Waals surface area contributed by atoms with Crippen LogP contribution in [0.2, 0.25) is 0 Å². The van der Waals surface area contributed by atoms with Crippen molar-refractivity contribution in [2.24, 2.45) is 0 Å². The van der Waals surface area contributed by atoms with E-state index >= 15 is 0 Å². The molecule has 2 atom stereocenters. The van der Waals surface area contributed by atoms with Crippen molar-refractivity contribution in [2.75, 3.05) is 0 Å². The smallest absolute Gasteiger partial charge is 0.408 e. The van der Waals surface area contributed by atoms with Gasteiger partial charge in [-0.15, -0.1) is 0 Å². The van der Waals surface area contributed by atoms with Gasteiger partial charge in [-0.05, 0) is 33.3 Å². The molecule has 0 aromatic heterocycles. The quantitative estimate of drug-likeness (QED) is 0.806. The van der Waals surface area contributed by atoms with Crippen LogP contribution in [0, 0.1) is 0 Å². The van der Waals surface area contributed by atoms with E-state index in [0.717, 1.165) is 5.56 Å². The van der Waals surface area contributed by atoms with Crippen molar-refractivity contribution < 1.29 is 24.2 Å². The lowest BCUT2D eigenvalue weighted by molar-refractivity contribution is -0.140. The average Bonchev–Trinajstić information content (AvgIpc) is 2.43. The third kappa shape index (κ3) is 8.21. The van der Waals surface area contributed by atoms with Gasteiger partial charge in [-0.2, -0.15) is 0 Å². The lowest BCUT2D eigenvalue weighted by Crippen LogP contribution is -2.45. The number of ether oxygens (including phenoxy) is 2. The Morgan fingerprint density at radius 1 is 1.22 bits per heavy atom. The summed E-state index contributed by atoms with van der Waals surface area (Å²) in [7, 11) is 0. The van der Waals surface area contributed by atoms with Gasteiger partial charge >= 0.3 is 12.1 Å². The first-order valence-electron chi connectivity index (χ1n) is 7.55. The molecule has 0 saturated carbocycles. The Balaban J connectivity index is 2.48. The van der Waals surface area contributed by atoms with Crippen LogP contribution in [0.4, 0.5) is 4.79 Å². The van der Waals surface area contributed by atoms with Crippen molar-refractivity contribution in [1.29, 1.82) is 0 Å². The molecule has 6 heteroatoms. The van der Waals surface area contributed by atoms with Crippen molar-refractivity contribution >= 4 is 12.1 Å². The zero-order chi connectivity index (χ0) is 17.5. The van der Waals surface area contributed by atoms with Gasteiger partial charge in [0.1, 0.15) is 11.6 Å². The van der Waals surface area contributed by atoms with E-state index in [2.05, 4.69) is 5.32 Å². The molecule has 0 aliphatic heterocycles. The second kappa shape index (κ2) is 8.53. The maximum Gasteiger partial charge on any atom is 0.408 e. The number of alkyl carbamates (subject to hydrolysis) is 1. The van der Waals surface area contributed by atoms with Gasteiger partial charge in [0.15, 0.2) is 0 Å². The normalized spacial score (nSPS) is 13.9. The fraction of sp³-hybridized carbons (Fsp3) is 0.529. The summed E-state index contributed by atoms with van der Waals surface area (Å²) in [5.74, 6) is -1.12. The van der Waals surface area contributed by atoms with Crippen LogP contribution in [0.25, 0.3) is 0 Å². The Morgan fingerprint density at radius 2 is 1.83 bits per heavy atom. The minimum absolute atomic E-state index is 0.154. The number of carboxylic acids is 1. The lowest BCUT2D eigenvalue weighted by atomic mass is 10.1. The van der Waals surface area contributed by atoms with Gasteiger partial charge in [0.05, 0.1) is 12.7 Å². The summed E-state index contributed by atoms with van der Waals surface area (Å²) in [4.78, 5) is 23.0. The van der Waals surface area contributed by atoms with Crippen LogP contribution in [-0.2, 0) is 20.9 Å². The molecule has 0 bridgehead atoms. The van der Waals surface area contributed by atoms with E-state index in [1.54, 1.807) is 27.7 Å². The van der Waals surface area contributed by atoms with Crippen molar-refractivity contribution in [1.82, 2.24) is 5.32 Å². The second-order valence-electron chi connectivity index (χ2n) is 6.38. The number of carbonyl (C=O) groups is 2. The van der Waals surface area contributed by atoms with Crippen LogP contribution in [0.5, 0.6) is 0 Å². The summed E-state index contributed by atoms with van der Waals surface area (Å²) >= 11 is 0. The van der Waals surface area contributed by atoms with Crippen LogP contribution >= 0.6 is 0 Å². The Labute approximate surface area is 136 Å². The SMILES string of the molecule is CC(C[C@@H](NC(=O)OC(C)(C)C)C(=O)O)OCc1ccccc1. The number of rotatable bonds is 7. The number of nitrogens with one attached hydrogen (secondary N) is 1. The summed E-state index contributed by atoms with van der Waals surface area (Å²) in [5, 5.41) is 11.6. The van der Waals surface area contributed by atoms with Crippen molar-refractivity contribution in [3.8, 4) is 0 Å². The van der Waals surface area contributed by atoms with Gasteiger partial charge in [-0.1, -0.05) is 30.3 Å². The highest BCUT2D eigenvalue weighted by atomic mass is 16.6. The van der Waals surface area contributed by atoms with Crippen LogP contribution in [0.3, 0.4) is 0 Å². The molecule has 1 unspecified atom stereocenters. The van der Waals surface area contributed by atoms with Gasteiger partial charge < -0.3 is 19.9 Å². The Hall–Kier alpha value is -2.08. The highest BCUT2D eigenvalue weighted by molar-refractivity contribution is 5.80. The summed E-state index contributed by atoms with van der Waals surface area (Å²) in [6.45, 7) is 7.31. The van der Waals surface area contributed by atoms with Gasteiger partial charge in [0, 0.05) is 6.42 Å². The minimum Gasteiger partial charge on any atom is -0.480 e. The number of amides is 1. The molecule has 2 N–H and O–H groups in total. The summed E-state index contributed by atoms with van der Waals surface area (Å²) in [6, 6.07) is 8.54. The van der Waals surface area contributed by atoms with E-state index < -0.39 is 23.7 Å². The number of aliphatic carboxylic acids is 1. The zero-order valence-corrected chi connectivity index (χ0v) is 14.0.